The largest absolute Gasteiger partial charge is 0.338 e. The van der Waals surface area contributed by atoms with Crippen molar-refractivity contribution in [3.63, 3.8) is 0 Å². The van der Waals surface area contributed by atoms with Crippen molar-refractivity contribution in [2.24, 2.45) is 11.8 Å². The molecule has 0 aliphatic carbocycles. The first kappa shape index (κ1) is 19.4. The van der Waals surface area contributed by atoms with E-state index < -0.39 is 0 Å². The van der Waals surface area contributed by atoms with Crippen LogP contribution >= 0.6 is 0 Å². The van der Waals surface area contributed by atoms with E-state index in [-0.39, 0.29) is 17.0 Å². The summed E-state index contributed by atoms with van der Waals surface area (Å²) in [5.74, 6) is 0.719. The van der Waals surface area contributed by atoms with Gasteiger partial charge in [0, 0.05) is 24.7 Å². The number of amides is 1. The number of carbonyl (C=O) groups excluding carboxylic acids is 1. The molecule has 0 N–H and O–H groups in total. The number of hydrogen-bond donors (Lipinski definition) is 0. The second-order valence-corrected chi connectivity index (χ2v) is 8.51. The Hall–Kier alpha value is -2.95. The Balaban J connectivity index is 1.79. The van der Waals surface area contributed by atoms with Crippen LogP contribution in [0.1, 0.15) is 41.8 Å². The molecule has 5 heteroatoms. The highest BCUT2D eigenvalue weighted by Gasteiger charge is 2.28. The lowest BCUT2D eigenvalue weighted by molar-refractivity contribution is 0.0621. The Labute approximate surface area is 171 Å². The Bertz CT molecular complexity index is 1090. The summed E-state index contributed by atoms with van der Waals surface area (Å²) >= 11 is 0. The first-order chi connectivity index (χ1) is 13.9. The second kappa shape index (κ2) is 7.82. The third-order valence-corrected chi connectivity index (χ3v) is 5.70. The highest BCUT2D eigenvalue weighted by atomic mass is 16.2. The van der Waals surface area contributed by atoms with Gasteiger partial charge in [-0.2, -0.15) is 0 Å². The quantitative estimate of drug-likeness (QED) is 0.683. The topological polar surface area (TPSA) is 55.2 Å². The van der Waals surface area contributed by atoms with Crippen molar-refractivity contribution >= 4 is 16.9 Å². The minimum atomic E-state index is -0.271. The molecule has 4 rings (SSSR count). The van der Waals surface area contributed by atoms with E-state index in [0.717, 1.165) is 17.4 Å². The maximum Gasteiger partial charge on any atom is 0.265 e. The van der Waals surface area contributed by atoms with Gasteiger partial charge in [0.25, 0.3) is 11.5 Å². The molecule has 0 unspecified atom stereocenters. The molecule has 0 bridgehead atoms. The lowest BCUT2D eigenvalue weighted by Crippen LogP contribution is -2.44. The van der Waals surface area contributed by atoms with Gasteiger partial charge >= 0.3 is 0 Å². The third-order valence-electron chi connectivity index (χ3n) is 5.70. The predicted octanol–water partition coefficient (Wildman–Crippen LogP) is 3.87. The van der Waals surface area contributed by atoms with Crippen LogP contribution in [-0.4, -0.2) is 33.4 Å². The SMILES string of the molecule is Cc1ccc(Cn2c(=O)c(C(=O)N3C[C@H](C)C[C@H](C)C3)cc3cccnc32)cc1. The van der Waals surface area contributed by atoms with Gasteiger partial charge in [-0.1, -0.05) is 43.7 Å². The Morgan fingerprint density at radius 1 is 1.10 bits per heavy atom. The first-order valence-corrected chi connectivity index (χ1v) is 10.3. The number of fused-ring (bicyclic) bond motifs is 1. The van der Waals surface area contributed by atoms with Crippen LogP contribution in [0.25, 0.3) is 11.0 Å². The van der Waals surface area contributed by atoms with E-state index in [0.29, 0.717) is 37.1 Å². The molecule has 1 aromatic carbocycles. The molecule has 1 aliphatic heterocycles. The highest BCUT2D eigenvalue weighted by molar-refractivity contribution is 5.97. The Morgan fingerprint density at radius 2 is 1.79 bits per heavy atom. The van der Waals surface area contributed by atoms with Crippen molar-refractivity contribution in [3.8, 4) is 0 Å². The van der Waals surface area contributed by atoms with Crippen molar-refractivity contribution in [2.45, 2.75) is 33.7 Å². The lowest BCUT2D eigenvalue weighted by Gasteiger charge is -2.35. The zero-order valence-electron chi connectivity index (χ0n) is 17.3. The number of piperidine rings is 1. The number of likely N-dealkylation sites (tertiary alicyclic amines) is 1. The number of carbonyl (C=O) groups is 1. The monoisotopic (exact) mass is 389 g/mol. The fourth-order valence-corrected chi connectivity index (χ4v) is 4.38. The summed E-state index contributed by atoms with van der Waals surface area (Å²) in [6.45, 7) is 8.15. The van der Waals surface area contributed by atoms with Crippen LogP contribution in [0.4, 0.5) is 0 Å². The maximum absolute atomic E-state index is 13.4. The van der Waals surface area contributed by atoms with Crippen molar-refractivity contribution in [1.82, 2.24) is 14.5 Å². The van der Waals surface area contributed by atoms with Gasteiger partial charge in [-0.3, -0.25) is 14.2 Å². The first-order valence-electron chi connectivity index (χ1n) is 10.3. The minimum absolute atomic E-state index is 0.170. The molecule has 1 fully saturated rings. The summed E-state index contributed by atoms with van der Waals surface area (Å²) in [5.41, 5.74) is 2.75. The molecule has 0 saturated carbocycles. The molecule has 2 atom stereocenters. The van der Waals surface area contributed by atoms with E-state index in [1.54, 1.807) is 16.8 Å². The van der Waals surface area contributed by atoms with E-state index in [2.05, 4.69) is 18.8 Å². The molecule has 1 aliphatic rings. The van der Waals surface area contributed by atoms with E-state index in [4.69, 9.17) is 0 Å². The van der Waals surface area contributed by atoms with Gasteiger partial charge in [-0.25, -0.2) is 4.98 Å². The number of hydrogen-bond acceptors (Lipinski definition) is 3. The van der Waals surface area contributed by atoms with E-state index in [1.165, 1.54) is 5.56 Å². The molecule has 5 nitrogen and oxygen atoms in total. The van der Waals surface area contributed by atoms with Crippen LogP contribution in [0.15, 0.2) is 53.5 Å². The van der Waals surface area contributed by atoms with Gasteiger partial charge < -0.3 is 4.90 Å². The van der Waals surface area contributed by atoms with Crippen LogP contribution in [0.5, 0.6) is 0 Å². The van der Waals surface area contributed by atoms with Gasteiger partial charge in [0.05, 0.1) is 6.54 Å². The third kappa shape index (κ3) is 3.95. The molecule has 3 aromatic rings. The standard InChI is InChI=1S/C24H27N3O2/c1-16-6-8-19(9-7-16)15-27-22-20(5-4-10-25-22)12-21(24(27)29)23(28)26-13-17(2)11-18(3)14-26/h4-10,12,17-18H,11,13-15H2,1-3H3/t17-,18+. The Kier molecular flexibility index (Phi) is 5.22. The zero-order valence-corrected chi connectivity index (χ0v) is 17.3. The molecule has 150 valence electrons. The van der Waals surface area contributed by atoms with Gasteiger partial charge in [0.2, 0.25) is 0 Å². The molecule has 0 radical (unpaired) electrons. The van der Waals surface area contributed by atoms with E-state index in [9.17, 15) is 9.59 Å². The molecule has 29 heavy (non-hydrogen) atoms. The van der Waals surface area contributed by atoms with Crippen molar-refractivity contribution in [2.75, 3.05) is 13.1 Å². The normalized spacial score (nSPS) is 19.5. The smallest absolute Gasteiger partial charge is 0.265 e. The summed E-state index contributed by atoms with van der Waals surface area (Å²) < 4.78 is 1.63. The molecule has 0 spiro atoms. The van der Waals surface area contributed by atoms with Crippen LogP contribution in [-0.2, 0) is 6.54 Å². The van der Waals surface area contributed by atoms with Crippen molar-refractivity contribution in [1.29, 1.82) is 0 Å². The number of benzene rings is 1. The summed E-state index contributed by atoms with van der Waals surface area (Å²) in [6.07, 6.45) is 2.80. The molecular weight excluding hydrogens is 362 g/mol. The molecule has 1 saturated heterocycles. The number of nitrogens with zero attached hydrogens (tertiary/aromatic N) is 3. The second-order valence-electron chi connectivity index (χ2n) is 8.51. The number of aromatic nitrogens is 2. The van der Waals surface area contributed by atoms with Gasteiger partial charge in [-0.05, 0) is 48.9 Å². The summed E-state index contributed by atoms with van der Waals surface area (Å²) in [5, 5.41) is 0.806. The zero-order chi connectivity index (χ0) is 20.5. The summed E-state index contributed by atoms with van der Waals surface area (Å²) in [7, 11) is 0. The van der Waals surface area contributed by atoms with Crippen molar-refractivity contribution in [3.05, 3.63) is 75.7 Å². The van der Waals surface area contributed by atoms with E-state index in [1.807, 2.05) is 48.2 Å². The van der Waals surface area contributed by atoms with Gasteiger partial charge in [-0.15, -0.1) is 0 Å². The number of pyridine rings is 2. The van der Waals surface area contributed by atoms with Crippen LogP contribution in [0.3, 0.4) is 0 Å². The van der Waals surface area contributed by atoms with Crippen molar-refractivity contribution < 1.29 is 4.79 Å². The fraction of sp³-hybridized carbons (Fsp3) is 0.375. The molecular formula is C24H27N3O2. The summed E-state index contributed by atoms with van der Waals surface area (Å²) in [6, 6.07) is 13.5. The minimum Gasteiger partial charge on any atom is -0.338 e. The Morgan fingerprint density at radius 3 is 2.48 bits per heavy atom. The average Bonchev–Trinajstić information content (AvgIpc) is 2.70. The average molecular weight is 389 g/mol. The molecule has 3 heterocycles. The highest BCUT2D eigenvalue weighted by Crippen LogP contribution is 2.23. The van der Waals surface area contributed by atoms with Gasteiger partial charge in [0.1, 0.15) is 11.2 Å². The molecule has 1 amide bonds. The number of rotatable bonds is 3. The lowest BCUT2D eigenvalue weighted by atomic mass is 9.91. The summed E-state index contributed by atoms with van der Waals surface area (Å²) in [4.78, 5) is 32.9. The maximum atomic E-state index is 13.4. The fourth-order valence-electron chi connectivity index (χ4n) is 4.38. The predicted molar refractivity (Wildman–Crippen MR) is 115 cm³/mol. The van der Waals surface area contributed by atoms with Crippen LogP contribution < -0.4 is 5.56 Å². The van der Waals surface area contributed by atoms with Crippen LogP contribution in [0, 0.1) is 18.8 Å². The molecule has 2 aromatic heterocycles. The van der Waals surface area contributed by atoms with E-state index >= 15 is 0 Å². The van der Waals surface area contributed by atoms with Gasteiger partial charge in [0.15, 0.2) is 0 Å². The number of aryl methyl sites for hydroxylation is 1. The van der Waals surface area contributed by atoms with Crippen LogP contribution in [0.2, 0.25) is 0 Å².